The van der Waals surface area contributed by atoms with Crippen molar-refractivity contribution in [1.29, 1.82) is 0 Å². The largest absolute Gasteiger partial charge is 0.481 e. The molecule has 104 valence electrons. The highest BCUT2D eigenvalue weighted by molar-refractivity contribution is 5.66. The number of aliphatic carboxylic acids is 1. The quantitative estimate of drug-likeness (QED) is 0.387. The van der Waals surface area contributed by atoms with Crippen LogP contribution in [0.1, 0.15) is 71.1 Å². The molecule has 0 aliphatic heterocycles. The van der Waals surface area contributed by atoms with Gasteiger partial charge in [0.05, 0.1) is 0 Å². The number of hydrogen-bond acceptors (Lipinski definition) is 1. The molecule has 0 radical (unpaired) electrons. The van der Waals surface area contributed by atoms with Gasteiger partial charge in [-0.25, -0.2) is 0 Å². The molecule has 18 heavy (non-hydrogen) atoms. The SMILES string of the molecule is CCCC=CC=CCCCCCCCCC(=O)O. The highest BCUT2D eigenvalue weighted by atomic mass is 16.4. The summed E-state index contributed by atoms with van der Waals surface area (Å²) >= 11 is 0. The average molecular weight is 252 g/mol. The van der Waals surface area contributed by atoms with Gasteiger partial charge in [-0.3, -0.25) is 4.79 Å². The highest BCUT2D eigenvalue weighted by Gasteiger charge is 1.95. The zero-order chi connectivity index (χ0) is 13.5. The summed E-state index contributed by atoms with van der Waals surface area (Å²) in [6, 6.07) is 0. The van der Waals surface area contributed by atoms with Crippen LogP contribution in [0, 0.1) is 0 Å². The van der Waals surface area contributed by atoms with E-state index in [9.17, 15) is 4.79 Å². The number of unbranched alkanes of at least 4 members (excludes halogenated alkanes) is 7. The lowest BCUT2D eigenvalue weighted by molar-refractivity contribution is -0.137. The number of hydrogen-bond donors (Lipinski definition) is 1. The van der Waals surface area contributed by atoms with Gasteiger partial charge < -0.3 is 5.11 Å². The van der Waals surface area contributed by atoms with Crippen molar-refractivity contribution in [1.82, 2.24) is 0 Å². The van der Waals surface area contributed by atoms with Crippen molar-refractivity contribution >= 4 is 5.97 Å². The Kier molecular flexibility index (Phi) is 13.2. The lowest BCUT2D eigenvalue weighted by atomic mass is 10.1. The normalized spacial score (nSPS) is 11.6. The van der Waals surface area contributed by atoms with Gasteiger partial charge in [-0.2, -0.15) is 0 Å². The van der Waals surface area contributed by atoms with E-state index in [4.69, 9.17) is 5.11 Å². The minimum atomic E-state index is -0.670. The number of carboxylic acids is 1. The van der Waals surface area contributed by atoms with Crippen LogP contribution in [0.2, 0.25) is 0 Å². The third kappa shape index (κ3) is 14.9. The molecule has 0 amide bonds. The van der Waals surface area contributed by atoms with Crippen LogP contribution < -0.4 is 0 Å². The van der Waals surface area contributed by atoms with Gasteiger partial charge in [0.1, 0.15) is 0 Å². The molecular formula is C16H28O2. The molecule has 0 aliphatic rings. The summed E-state index contributed by atoms with van der Waals surface area (Å²) in [5, 5.41) is 8.48. The Bertz CT molecular complexity index is 241. The van der Waals surface area contributed by atoms with Gasteiger partial charge in [-0.15, -0.1) is 0 Å². The van der Waals surface area contributed by atoms with Gasteiger partial charge >= 0.3 is 5.97 Å². The maximum atomic E-state index is 10.3. The Morgan fingerprint density at radius 3 is 2.06 bits per heavy atom. The second-order valence-corrected chi connectivity index (χ2v) is 4.70. The average Bonchev–Trinajstić information content (AvgIpc) is 2.34. The molecule has 0 bridgehead atoms. The maximum absolute atomic E-state index is 10.3. The lowest BCUT2D eigenvalue weighted by Crippen LogP contribution is -1.93. The van der Waals surface area contributed by atoms with Crippen molar-refractivity contribution in [2.24, 2.45) is 0 Å². The summed E-state index contributed by atoms with van der Waals surface area (Å²) in [5.74, 6) is -0.670. The molecule has 2 nitrogen and oxygen atoms in total. The van der Waals surface area contributed by atoms with Crippen LogP contribution in [0.4, 0.5) is 0 Å². The summed E-state index contributed by atoms with van der Waals surface area (Å²) in [7, 11) is 0. The van der Waals surface area contributed by atoms with Crippen LogP contribution in [-0.2, 0) is 4.79 Å². The Labute approximate surface area is 112 Å². The van der Waals surface area contributed by atoms with Crippen LogP contribution >= 0.6 is 0 Å². The zero-order valence-corrected chi connectivity index (χ0v) is 11.7. The molecule has 0 heterocycles. The first-order valence-corrected chi connectivity index (χ1v) is 7.30. The zero-order valence-electron chi connectivity index (χ0n) is 11.7. The van der Waals surface area contributed by atoms with Crippen molar-refractivity contribution in [2.45, 2.75) is 71.1 Å². The first-order valence-electron chi connectivity index (χ1n) is 7.30. The van der Waals surface area contributed by atoms with Gasteiger partial charge in [-0.1, -0.05) is 63.3 Å². The highest BCUT2D eigenvalue weighted by Crippen LogP contribution is 2.08. The number of allylic oxidation sites excluding steroid dienone is 4. The summed E-state index contributed by atoms with van der Waals surface area (Å²) in [4.78, 5) is 10.3. The van der Waals surface area contributed by atoms with E-state index in [0.29, 0.717) is 6.42 Å². The minimum Gasteiger partial charge on any atom is -0.481 e. The van der Waals surface area contributed by atoms with Crippen molar-refractivity contribution in [3.63, 3.8) is 0 Å². The van der Waals surface area contributed by atoms with Crippen LogP contribution in [0.3, 0.4) is 0 Å². The molecule has 0 fully saturated rings. The number of carboxylic acid groups (broad SMARTS) is 1. The van der Waals surface area contributed by atoms with Gasteiger partial charge in [0.2, 0.25) is 0 Å². The third-order valence-electron chi connectivity index (χ3n) is 2.85. The molecular weight excluding hydrogens is 224 g/mol. The summed E-state index contributed by atoms with van der Waals surface area (Å²) in [6.07, 6.45) is 19.4. The van der Waals surface area contributed by atoms with Crippen LogP contribution in [0.5, 0.6) is 0 Å². The Balaban J connectivity index is 3.13. The summed E-state index contributed by atoms with van der Waals surface area (Å²) in [5.41, 5.74) is 0. The van der Waals surface area contributed by atoms with Crippen LogP contribution in [-0.4, -0.2) is 11.1 Å². The molecule has 0 aromatic heterocycles. The van der Waals surface area contributed by atoms with Crippen LogP contribution in [0.15, 0.2) is 24.3 Å². The Morgan fingerprint density at radius 2 is 1.44 bits per heavy atom. The van der Waals surface area contributed by atoms with Gasteiger partial charge in [-0.05, 0) is 25.7 Å². The molecule has 0 saturated heterocycles. The Morgan fingerprint density at radius 1 is 0.889 bits per heavy atom. The molecule has 0 atom stereocenters. The molecule has 0 aliphatic carbocycles. The molecule has 0 aromatic carbocycles. The maximum Gasteiger partial charge on any atom is 0.303 e. The summed E-state index contributed by atoms with van der Waals surface area (Å²) in [6.45, 7) is 2.19. The predicted molar refractivity (Wildman–Crippen MR) is 77.8 cm³/mol. The first kappa shape index (κ1) is 16.9. The fraction of sp³-hybridized carbons (Fsp3) is 0.688. The van der Waals surface area contributed by atoms with Crippen molar-refractivity contribution < 1.29 is 9.90 Å². The van der Waals surface area contributed by atoms with E-state index in [2.05, 4.69) is 31.2 Å². The molecule has 0 spiro atoms. The second-order valence-electron chi connectivity index (χ2n) is 4.70. The molecule has 0 unspecified atom stereocenters. The smallest absolute Gasteiger partial charge is 0.303 e. The topological polar surface area (TPSA) is 37.3 Å². The van der Waals surface area contributed by atoms with Crippen molar-refractivity contribution in [2.75, 3.05) is 0 Å². The number of rotatable bonds is 12. The molecule has 0 aromatic rings. The van der Waals surface area contributed by atoms with E-state index in [1.54, 1.807) is 0 Å². The molecule has 0 saturated carbocycles. The molecule has 1 N–H and O–H groups in total. The fourth-order valence-corrected chi connectivity index (χ4v) is 1.76. The van der Waals surface area contributed by atoms with E-state index >= 15 is 0 Å². The standard InChI is InChI=1S/C16H28O2/c1-2-3-4-5-6-7-8-9-10-11-12-13-14-15-16(17)18/h4-7H,2-3,8-15H2,1H3,(H,17,18). The van der Waals surface area contributed by atoms with E-state index in [1.165, 1.54) is 38.5 Å². The Hall–Kier alpha value is -1.05. The van der Waals surface area contributed by atoms with E-state index < -0.39 is 5.97 Å². The predicted octanol–water partition coefficient (Wildman–Crippen LogP) is 5.10. The van der Waals surface area contributed by atoms with Gasteiger partial charge in [0, 0.05) is 6.42 Å². The lowest BCUT2D eigenvalue weighted by Gasteiger charge is -1.99. The minimum absolute atomic E-state index is 0.326. The fourth-order valence-electron chi connectivity index (χ4n) is 1.76. The third-order valence-corrected chi connectivity index (χ3v) is 2.85. The van der Waals surface area contributed by atoms with Gasteiger partial charge in [0.25, 0.3) is 0 Å². The van der Waals surface area contributed by atoms with Crippen molar-refractivity contribution in [3.05, 3.63) is 24.3 Å². The molecule has 0 rings (SSSR count). The van der Waals surface area contributed by atoms with Crippen molar-refractivity contribution in [3.8, 4) is 0 Å². The number of carbonyl (C=O) groups is 1. The van der Waals surface area contributed by atoms with Gasteiger partial charge in [0.15, 0.2) is 0 Å². The monoisotopic (exact) mass is 252 g/mol. The first-order chi connectivity index (χ1) is 8.77. The second kappa shape index (κ2) is 14.0. The van der Waals surface area contributed by atoms with Crippen LogP contribution in [0.25, 0.3) is 0 Å². The molecule has 2 heteroatoms. The van der Waals surface area contributed by atoms with E-state index in [0.717, 1.165) is 19.3 Å². The van der Waals surface area contributed by atoms with E-state index in [1.807, 2.05) is 0 Å². The van der Waals surface area contributed by atoms with E-state index in [-0.39, 0.29) is 0 Å². The summed E-state index contributed by atoms with van der Waals surface area (Å²) < 4.78 is 0.